The number of carbonyl (C=O) groups is 1. The second kappa shape index (κ2) is 5.13. The average molecular weight is 267 g/mol. The largest absolute Gasteiger partial charge is 0.463 e. The van der Waals surface area contributed by atoms with E-state index in [2.05, 4.69) is 25.5 Å². The molecule has 2 N–H and O–H groups in total. The van der Waals surface area contributed by atoms with E-state index in [4.69, 9.17) is 4.74 Å². The Bertz CT molecular complexity index is 562. The molecule has 8 heteroatoms. The number of aryl methyl sites for hydroxylation is 2. The van der Waals surface area contributed by atoms with E-state index < -0.39 is 0 Å². The summed E-state index contributed by atoms with van der Waals surface area (Å²) in [6, 6.07) is 0.213. The minimum Gasteiger partial charge on any atom is -0.463 e. The van der Waals surface area contributed by atoms with Gasteiger partial charge in [-0.15, -0.1) is 16.4 Å². The van der Waals surface area contributed by atoms with Crippen LogP contribution in [0.3, 0.4) is 0 Å². The van der Waals surface area contributed by atoms with Crippen molar-refractivity contribution in [2.24, 2.45) is 0 Å². The highest BCUT2D eigenvalue weighted by molar-refractivity contribution is 7.13. The van der Waals surface area contributed by atoms with Crippen LogP contribution in [0, 0.1) is 13.8 Å². The van der Waals surface area contributed by atoms with Crippen molar-refractivity contribution >= 4 is 23.2 Å². The van der Waals surface area contributed by atoms with Crippen LogP contribution in [0.25, 0.3) is 0 Å². The van der Waals surface area contributed by atoms with Crippen LogP contribution < -0.4 is 10.1 Å². The quantitative estimate of drug-likeness (QED) is 0.876. The van der Waals surface area contributed by atoms with Crippen LogP contribution in [0.2, 0.25) is 0 Å². The van der Waals surface area contributed by atoms with Crippen molar-refractivity contribution in [1.82, 2.24) is 20.2 Å². The van der Waals surface area contributed by atoms with E-state index in [9.17, 15) is 4.79 Å². The standard InChI is InChI=1S/C10H13N5O2S/c1-4-17-10-13-9(14-15-10)12-8(16)7-5(2)11-6(3)18-7/h4H2,1-3H3,(H2,12,13,14,15,16). The first-order valence-corrected chi connectivity index (χ1v) is 6.22. The fraction of sp³-hybridized carbons (Fsp3) is 0.400. The van der Waals surface area contributed by atoms with Crippen molar-refractivity contribution in [2.45, 2.75) is 20.8 Å². The number of nitrogens with zero attached hydrogens (tertiary/aromatic N) is 3. The van der Waals surface area contributed by atoms with Gasteiger partial charge in [0.25, 0.3) is 5.91 Å². The van der Waals surface area contributed by atoms with Gasteiger partial charge >= 0.3 is 6.01 Å². The lowest BCUT2D eigenvalue weighted by Crippen LogP contribution is -2.12. The molecule has 0 saturated carbocycles. The minimum atomic E-state index is -0.253. The molecule has 0 aromatic carbocycles. The zero-order valence-corrected chi connectivity index (χ0v) is 11.1. The first kappa shape index (κ1) is 12.5. The third-order valence-corrected chi connectivity index (χ3v) is 3.15. The van der Waals surface area contributed by atoms with Crippen LogP contribution >= 0.6 is 11.3 Å². The Morgan fingerprint density at radius 2 is 2.22 bits per heavy atom. The summed E-state index contributed by atoms with van der Waals surface area (Å²) in [5, 5.41) is 9.84. The van der Waals surface area contributed by atoms with Crippen LogP contribution in [-0.4, -0.2) is 32.7 Å². The average Bonchev–Trinajstić information content (AvgIpc) is 2.86. The number of aromatic amines is 1. The maximum Gasteiger partial charge on any atom is 0.337 e. The Morgan fingerprint density at radius 3 is 2.83 bits per heavy atom. The zero-order valence-electron chi connectivity index (χ0n) is 10.3. The Hall–Kier alpha value is -1.96. The van der Waals surface area contributed by atoms with Crippen molar-refractivity contribution < 1.29 is 9.53 Å². The number of thiazole rings is 1. The van der Waals surface area contributed by atoms with Crippen LogP contribution in [0.1, 0.15) is 27.3 Å². The number of anilines is 1. The molecule has 0 saturated heterocycles. The van der Waals surface area contributed by atoms with Gasteiger partial charge in [0, 0.05) is 0 Å². The Labute approximate surface area is 108 Å². The number of hydrogen-bond acceptors (Lipinski definition) is 6. The third-order valence-electron chi connectivity index (χ3n) is 2.08. The van der Waals surface area contributed by atoms with Gasteiger partial charge in [0.2, 0.25) is 5.95 Å². The topological polar surface area (TPSA) is 92.8 Å². The fourth-order valence-electron chi connectivity index (χ4n) is 1.40. The monoisotopic (exact) mass is 267 g/mol. The summed E-state index contributed by atoms with van der Waals surface area (Å²) >= 11 is 1.34. The molecule has 0 unspecified atom stereocenters. The predicted octanol–water partition coefficient (Wildman–Crippen LogP) is 1.53. The Balaban J connectivity index is 2.08. The maximum absolute atomic E-state index is 11.9. The molecule has 0 atom stereocenters. The van der Waals surface area contributed by atoms with Gasteiger partial charge in [-0.05, 0) is 20.8 Å². The van der Waals surface area contributed by atoms with Gasteiger partial charge in [-0.2, -0.15) is 4.98 Å². The molecule has 7 nitrogen and oxygen atoms in total. The smallest absolute Gasteiger partial charge is 0.337 e. The molecule has 0 fully saturated rings. The number of H-pyrrole nitrogens is 1. The van der Waals surface area contributed by atoms with Gasteiger partial charge in [0.05, 0.1) is 17.3 Å². The van der Waals surface area contributed by atoms with Crippen molar-refractivity contribution in [3.63, 3.8) is 0 Å². The summed E-state index contributed by atoms with van der Waals surface area (Å²) in [7, 11) is 0. The number of ether oxygens (including phenoxy) is 1. The molecule has 0 spiro atoms. The van der Waals surface area contributed by atoms with Crippen LogP contribution in [-0.2, 0) is 0 Å². The highest BCUT2D eigenvalue weighted by atomic mass is 32.1. The third kappa shape index (κ3) is 2.65. The van der Waals surface area contributed by atoms with Gasteiger partial charge in [0.15, 0.2) is 0 Å². The second-order valence-electron chi connectivity index (χ2n) is 3.50. The number of amides is 1. The molecule has 2 rings (SSSR count). The molecule has 2 aromatic rings. The summed E-state index contributed by atoms with van der Waals surface area (Å²) in [5.74, 6) is 0.00574. The number of rotatable bonds is 4. The Kier molecular flexibility index (Phi) is 3.56. The minimum absolute atomic E-state index is 0.213. The van der Waals surface area contributed by atoms with Gasteiger partial charge in [-0.3, -0.25) is 10.1 Å². The van der Waals surface area contributed by atoms with Gasteiger partial charge < -0.3 is 4.74 Å². The molecule has 96 valence electrons. The first-order valence-electron chi connectivity index (χ1n) is 5.40. The van der Waals surface area contributed by atoms with Gasteiger partial charge in [-0.25, -0.2) is 10.1 Å². The lowest BCUT2D eigenvalue weighted by molar-refractivity contribution is 0.102. The van der Waals surface area contributed by atoms with Crippen LogP contribution in [0.5, 0.6) is 6.01 Å². The van der Waals surface area contributed by atoms with Gasteiger partial charge in [0.1, 0.15) is 4.88 Å². The summed E-state index contributed by atoms with van der Waals surface area (Å²) in [6.07, 6.45) is 0. The molecule has 0 aliphatic heterocycles. The SMILES string of the molecule is CCOc1n[nH]c(NC(=O)c2sc(C)nc2C)n1. The molecule has 0 bridgehead atoms. The number of aromatic nitrogens is 4. The summed E-state index contributed by atoms with van der Waals surface area (Å²) in [6.45, 7) is 5.96. The summed E-state index contributed by atoms with van der Waals surface area (Å²) in [4.78, 5) is 20.7. The van der Waals surface area contributed by atoms with Crippen molar-refractivity contribution in [3.05, 3.63) is 15.6 Å². The number of carbonyl (C=O) groups excluding carboxylic acids is 1. The molecular formula is C10H13N5O2S. The summed E-state index contributed by atoms with van der Waals surface area (Å²) < 4.78 is 5.09. The van der Waals surface area contributed by atoms with E-state index in [0.29, 0.717) is 17.2 Å². The van der Waals surface area contributed by atoms with E-state index >= 15 is 0 Å². The normalized spacial score (nSPS) is 10.4. The predicted molar refractivity (Wildman–Crippen MR) is 67.1 cm³/mol. The van der Waals surface area contributed by atoms with E-state index in [1.807, 2.05) is 13.8 Å². The molecule has 1 amide bonds. The van der Waals surface area contributed by atoms with Crippen molar-refractivity contribution in [1.29, 1.82) is 0 Å². The Morgan fingerprint density at radius 1 is 1.44 bits per heavy atom. The zero-order chi connectivity index (χ0) is 13.1. The van der Waals surface area contributed by atoms with E-state index in [1.165, 1.54) is 11.3 Å². The molecule has 18 heavy (non-hydrogen) atoms. The molecule has 0 aliphatic carbocycles. The lowest BCUT2D eigenvalue weighted by atomic mass is 10.4. The second-order valence-corrected chi connectivity index (χ2v) is 4.70. The molecule has 2 aromatic heterocycles. The van der Waals surface area contributed by atoms with Crippen LogP contribution in [0.4, 0.5) is 5.95 Å². The fourth-order valence-corrected chi connectivity index (χ4v) is 2.22. The summed E-state index contributed by atoms with van der Waals surface area (Å²) in [5.41, 5.74) is 0.708. The lowest BCUT2D eigenvalue weighted by Gasteiger charge is -1.98. The first-order chi connectivity index (χ1) is 8.60. The highest BCUT2D eigenvalue weighted by Crippen LogP contribution is 2.18. The van der Waals surface area contributed by atoms with Crippen molar-refractivity contribution in [3.8, 4) is 6.01 Å². The number of nitrogens with one attached hydrogen (secondary N) is 2. The van der Waals surface area contributed by atoms with Crippen molar-refractivity contribution in [2.75, 3.05) is 11.9 Å². The molecule has 0 radical (unpaired) electrons. The molecule has 2 heterocycles. The number of hydrogen-bond donors (Lipinski definition) is 2. The van der Waals surface area contributed by atoms with E-state index in [1.54, 1.807) is 6.92 Å². The molecule has 0 aliphatic rings. The van der Waals surface area contributed by atoms with E-state index in [-0.39, 0.29) is 17.9 Å². The maximum atomic E-state index is 11.9. The van der Waals surface area contributed by atoms with Gasteiger partial charge in [-0.1, -0.05) is 0 Å². The molecular weight excluding hydrogens is 254 g/mol. The van der Waals surface area contributed by atoms with Crippen LogP contribution in [0.15, 0.2) is 0 Å². The van der Waals surface area contributed by atoms with E-state index in [0.717, 1.165) is 5.01 Å². The highest BCUT2D eigenvalue weighted by Gasteiger charge is 2.15.